The molecule has 0 radical (unpaired) electrons. The molecule has 0 aromatic heterocycles. The molecule has 0 spiro atoms. The molecule has 106 valence electrons. The Balaban J connectivity index is 2.22. The van der Waals surface area contributed by atoms with E-state index in [4.69, 9.17) is 5.11 Å². The van der Waals surface area contributed by atoms with Crippen molar-refractivity contribution < 1.29 is 14.7 Å². The van der Waals surface area contributed by atoms with Gasteiger partial charge < -0.3 is 10.0 Å². The molecule has 0 unspecified atom stereocenters. The predicted molar refractivity (Wildman–Crippen MR) is 77.6 cm³/mol. The van der Waals surface area contributed by atoms with Gasteiger partial charge in [-0.25, -0.2) is 4.79 Å². The molecule has 1 aromatic rings. The van der Waals surface area contributed by atoms with E-state index in [1.165, 1.54) is 12.5 Å². The molecule has 1 aliphatic rings. The number of carboxylic acids is 1. The van der Waals surface area contributed by atoms with Crippen molar-refractivity contribution >= 4 is 18.0 Å². The first-order valence-corrected chi connectivity index (χ1v) is 6.77. The van der Waals surface area contributed by atoms with Crippen LogP contribution in [0.25, 0.3) is 6.08 Å². The molecular weight excluding hydrogens is 254 g/mol. The van der Waals surface area contributed by atoms with Crippen LogP contribution in [0.4, 0.5) is 0 Å². The number of hydrogen-bond acceptors (Lipinski definition) is 2. The second kappa shape index (κ2) is 5.90. The third-order valence-electron chi connectivity index (χ3n) is 3.71. The van der Waals surface area contributed by atoms with Gasteiger partial charge in [0, 0.05) is 24.7 Å². The molecule has 0 bridgehead atoms. The highest BCUT2D eigenvalue weighted by molar-refractivity contribution is 5.95. The lowest BCUT2D eigenvalue weighted by Crippen LogP contribution is -2.41. The van der Waals surface area contributed by atoms with E-state index in [1.54, 1.807) is 11.0 Å². The monoisotopic (exact) mass is 273 g/mol. The van der Waals surface area contributed by atoms with Gasteiger partial charge in [0.1, 0.15) is 0 Å². The van der Waals surface area contributed by atoms with Gasteiger partial charge in [-0.3, -0.25) is 4.79 Å². The normalized spacial score (nSPS) is 15.1. The SMILES string of the molecule is Cc1cc(/C=C/C(=O)O)cc(C(=O)N(C)C2CCC2)c1. The Hall–Kier alpha value is -2.10. The van der Waals surface area contributed by atoms with E-state index in [0.717, 1.165) is 30.0 Å². The summed E-state index contributed by atoms with van der Waals surface area (Å²) in [6.45, 7) is 1.90. The van der Waals surface area contributed by atoms with Crippen LogP contribution < -0.4 is 0 Å². The number of carboxylic acid groups (broad SMARTS) is 1. The quantitative estimate of drug-likeness (QED) is 0.858. The molecule has 0 saturated heterocycles. The molecule has 2 rings (SSSR count). The second-order valence-corrected chi connectivity index (χ2v) is 5.30. The lowest BCUT2D eigenvalue weighted by Gasteiger charge is -2.34. The molecule has 1 fully saturated rings. The van der Waals surface area contributed by atoms with Gasteiger partial charge >= 0.3 is 5.97 Å². The third-order valence-corrected chi connectivity index (χ3v) is 3.71. The van der Waals surface area contributed by atoms with Gasteiger partial charge in [-0.05, 0) is 55.5 Å². The Labute approximate surface area is 118 Å². The number of carbonyl (C=O) groups excluding carboxylic acids is 1. The highest BCUT2D eigenvalue weighted by Gasteiger charge is 2.26. The standard InChI is InChI=1S/C16H19NO3/c1-11-8-12(6-7-15(18)19)10-13(9-11)16(20)17(2)14-4-3-5-14/h6-10,14H,3-5H2,1-2H3,(H,18,19)/b7-6+. The van der Waals surface area contributed by atoms with Gasteiger partial charge in [-0.15, -0.1) is 0 Å². The van der Waals surface area contributed by atoms with Crippen molar-refractivity contribution in [2.24, 2.45) is 0 Å². The Morgan fingerprint density at radius 1 is 1.30 bits per heavy atom. The van der Waals surface area contributed by atoms with Crippen molar-refractivity contribution in [3.8, 4) is 0 Å². The van der Waals surface area contributed by atoms with Crippen molar-refractivity contribution in [2.75, 3.05) is 7.05 Å². The lowest BCUT2D eigenvalue weighted by molar-refractivity contribution is -0.131. The summed E-state index contributed by atoms with van der Waals surface area (Å²) in [7, 11) is 1.83. The first-order chi connectivity index (χ1) is 9.47. The molecule has 1 aliphatic carbocycles. The van der Waals surface area contributed by atoms with Crippen molar-refractivity contribution in [1.82, 2.24) is 4.90 Å². The van der Waals surface area contributed by atoms with Gasteiger partial charge in [-0.1, -0.05) is 6.07 Å². The predicted octanol–water partition coefficient (Wildman–Crippen LogP) is 2.72. The molecule has 0 heterocycles. The largest absolute Gasteiger partial charge is 0.478 e. The highest BCUT2D eigenvalue weighted by Crippen LogP contribution is 2.25. The summed E-state index contributed by atoms with van der Waals surface area (Å²) >= 11 is 0. The van der Waals surface area contributed by atoms with Gasteiger partial charge in [0.05, 0.1) is 0 Å². The maximum absolute atomic E-state index is 12.4. The van der Waals surface area contributed by atoms with Crippen LogP contribution in [-0.4, -0.2) is 35.0 Å². The number of amides is 1. The zero-order valence-corrected chi connectivity index (χ0v) is 11.8. The fourth-order valence-corrected chi connectivity index (χ4v) is 2.34. The Bertz CT molecular complexity index is 559. The average molecular weight is 273 g/mol. The van der Waals surface area contributed by atoms with Crippen LogP contribution in [0.15, 0.2) is 24.3 Å². The van der Waals surface area contributed by atoms with Crippen LogP contribution in [0.3, 0.4) is 0 Å². The molecule has 1 aromatic carbocycles. The minimum atomic E-state index is -0.994. The zero-order valence-electron chi connectivity index (χ0n) is 11.8. The molecular formula is C16H19NO3. The number of rotatable bonds is 4. The Kier molecular flexibility index (Phi) is 4.23. The van der Waals surface area contributed by atoms with E-state index >= 15 is 0 Å². The Morgan fingerprint density at radius 3 is 2.55 bits per heavy atom. The van der Waals surface area contributed by atoms with Crippen LogP contribution in [0.2, 0.25) is 0 Å². The molecule has 4 nitrogen and oxygen atoms in total. The summed E-state index contributed by atoms with van der Waals surface area (Å²) in [5.41, 5.74) is 2.30. The maximum atomic E-state index is 12.4. The number of aliphatic carboxylic acids is 1. The zero-order chi connectivity index (χ0) is 14.7. The summed E-state index contributed by atoms with van der Waals surface area (Å²) in [5, 5.41) is 8.66. The highest BCUT2D eigenvalue weighted by atomic mass is 16.4. The van der Waals surface area contributed by atoms with E-state index in [2.05, 4.69) is 0 Å². The molecule has 1 amide bonds. The smallest absolute Gasteiger partial charge is 0.328 e. The Morgan fingerprint density at radius 2 is 2.00 bits per heavy atom. The van der Waals surface area contributed by atoms with Crippen LogP contribution in [0, 0.1) is 6.92 Å². The van der Waals surface area contributed by atoms with Crippen molar-refractivity contribution in [3.63, 3.8) is 0 Å². The average Bonchev–Trinajstić information content (AvgIpc) is 2.32. The minimum Gasteiger partial charge on any atom is -0.478 e. The van der Waals surface area contributed by atoms with Gasteiger partial charge in [0.15, 0.2) is 0 Å². The molecule has 20 heavy (non-hydrogen) atoms. The number of nitrogens with zero attached hydrogens (tertiary/aromatic N) is 1. The van der Waals surface area contributed by atoms with Crippen LogP contribution in [-0.2, 0) is 4.79 Å². The molecule has 4 heteroatoms. The van der Waals surface area contributed by atoms with Crippen LogP contribution >= 0.6 is 0 Å². The fraction of sp³-hybridized carbons (Fsp3) is 0.375. The summed E-state index contributed by atoms with van der Waals surface area (Å²) in [6.07, 6.45) is 5.91. The summed E-state index contributed by atoms with van der Waals surface area (Å²) in [5.74, 6) is -0.991. The maximum Gasteiger partial charge on any atom is 0.328 e. The molecule has 0 aliphatic heterocycles. The van der Waals surface area contributed by atoms with E-state index in [0.29, 0.717) is 11.6 Å². The fourth-order valence-electron chi connectivity index (χ4n) is 2.34. The summed E-state index contributed by atoms with van der Waals surface area (Å²) < 4.78 is 0. The van der Waals surface area contributed by atoms with Crippen LogP contribution in [0.1, 0.15) is 40.7 Å². The lowest BCUT2D eigenvalue weighted by atomic mass is 9.91. The molecule has 0 atom stereocenters. The van der Waals surface area contributed by atoms with Crippen molar-refractivity contribution in [3.05, 3.63) is 41.0 Å². The first-order valence-electron chi connectivity index (χ1n) is 6.77. The minimum absolute atomic E-state index is 0.00313. The molecule has 1 N–H and O–H groups in total. The summed E-state index contributed by atoms with van der Waals surface area (Å²) in [6, 6.07) is 5.79. The van der Waals surface area contributed by atoms with E-state index < -0.39 is 5.97 Å². The first kappa shape index (κ1) is 14.3. The van der Waals surface area contributed by atoms with Crippen LogP contribution in [0.5, 0.6) is 0 Å². The second-order valence-electron chi connectivity index (χ2n) is 5.30. The number of benzene rings is 1. The van der Waals surface area contributed by atoms with E-state index in [1.807, 2.05) is 26.1 Å². The van der Waals surface area contributed by atoms with Gasteiger partial charge in [0.25, 0.3) is 5.91 Å². The van der Waals surface area contributed by atoms with E-state index in [9.17, 15) is 9.59 Å². The summed E-state index contributed by atoms with van der Waals surface area (Å²) in [4.78, 5) is 24.8. The van der Waals surface area contributed by atoms with Crippen molar-refractivity contribution in [1.29, 1.82) is 0 Å². The third kappa shape index (κ3) is 3.26. The number of hydrogen-bond donors (Lipinski definition) is 1. The number of aryl methyl sites for hydroxylation is 1. The van der Waals surface area contributed by atoms with Gasteiger partial charge in [0.2, 0.25) is 0 Å². The topological polar surface area (TPSA) is 57.6 Å². The van der Waals surface area contributed by atoms with Crippen molar-refractivity contribution in [2.45, 2.75) is 32.2 Å². The van der Waals surface area contributed by atoms with Gasteiger partial charge in [-0.2, -0.15) is 0 Å². The van der Waals surface area contributed by atoms with E-state index in [-0.39, 0.29) is 5.91 Å². The molecule has 1 saturated carbocycles. The number of carbonyl (C=O) groups is 2.